The zero-order chi connectivity index (χ0) is 54.3. The van der Waals surface area contributed by atoms with Gasteiger partial charge in [0.2, 0.25) is 0 Å². The van der Waals surface area contributed by atoms with Gasteiger partial charge in [0.15, 0.2) is 17.4 Å². The molecule has 2 N–H and O–H groups in total. The third-order valence-electron chi connectivity index (χ3n) is 22.6. The average molecular weight is 1120 g/mol. The second-order valence-corrected chi connectivity index (χ2v) is 28.1. The standard InChI is InChI=1S/C61H86O19/c1-26-13-32-7-9-36-27(2)14-34(65-36)11-12-59-23-47-55(79-59)56-57(73-47)58(80-59)54-37(70-56)10-8-33(67-54)15-49(64)74-53-31(6)52-44(69-43(53)16-38(66-32)30(26)5)19-42-46(72-52)22-61(75-42)24-48-51(78-61)29(4)21-60(77-48)20-28(3)50-45(76-60)18-40-41(71-50)17-39(68-40)35(63)25-62/h26,28-29,31-48,50-58,62-63H,2,5,7-25H2,1,3-4,6H3/t26-,28+,29+,31+,32+,33-,34+,35+,36+,37+,38?,39+,40-,41-,42-,43+,44+,45+,46-,47?,48+,50?,51+,52+,53-,54+,55-,56?,57?,58+,59+,60-,61+/m1/s1. The Bertz CT molecular complexity index is 2410. The summed E-state index contributed by atoms with van der Waals surface area (Å²) in [5.74, 6) is -2.60. The van der Waals surface area contributed by atoms with Crippen molar-refractivity contribution in [2.24, 2.45) is 23.7 Å². The molecule has 33 atom stereocenters. The third kappa shape index (κ3) is 8.99. The van der Waals surface area contributed by atoms with Gasteiger partial charge >= 0.3 is 5.97 Å². The number of fused-ring (bicyclic) bond motifs is 11. The number of rotatable bonds is 2. The fraction of sp³-hybridized carbons (Fsp3) is 0.918. The van der Waals surface area contributed by atoms with E-state index in [2.05, 4.69) is 40.9 Å². The first kappa shape index (κ1) is 53.7. The fourth-order valence-electron chi connectivity index (χ4n) is 18.8. The lowest BCUT2D eigenvalue weighted by atomic mass is 9.78. The molecule has 12 bridgehead atoms. The summed E-state index contributed by atoms with van der Waals surface area (Å²) in [4.78, 5) is 14.6. The maximum Gasteiger partial charge on any atom is 0.308 e. The van der Waals surface area contributed by atoms with Crippen LogP contribution in [0, 0.1) is 23.7 Å². The van der Waals surface area contributed by atoms with Crippen LogP contribution in [0.25, 0.3) is 0 Å². The number of carbonyl (C=O) groups is 1. The van der Waals surface area contributed by atoms with Crippen LogP contribution in [0.15, 0.2) is 24.3 Å². The molecule has 17 aliphatic heterocycles. The van der Waals surface area contributed by atoms with Crippen molar-refractivity contribution in [3.05, 3.63) is 24.3 Å². The Labute approximate surface area is 469 Å². The second kappa shape index (κ2) is 19.9. The Kier molecular flexibility index (Phi) is 13.4. The van der Waals surface area contributed by atoms with Crippen molar-refractivity contribution in [1.29, 1.82) is 0 Å². The topological polar surface area (TPSA) is 205 Å². The molecule has 0 aliphatic carbocycles. The zero-order valence-corrected chi connectivity index (χ0v) is 47.0. The van der Waals surface area contributed by atoms with Crippen LogP contribution in [0.5, 0.6) is 0 Å². The molecule has 17 aliphatic rings. The lowest BCUT2D eigenvalue weighted by Crippen LogP contribution is -2.62. The molecular weight excluding hydrogens is 1040 g/mol. The van der Waals surface area contributed by atoms with Gasteiger partial charge < -0.3 is 86.0 Å². The maximum atomic E-state index is 14.6. The van der Waals surface area contributed by atoms with Crippen molar-refractivity contribution in [2.45, 2.75) is 319 Å². The molecule has 0 aromatic rings. The van der Waals surface area contributed by atoms with Crippen molar-refractivity contribution in [1.82, 2.24) is 0 Å². The van der Waals surface area contributed by atoms with Crippen LogP contribution in [-0.2, 0) is 80.6 Å². The predicted octanol–water partition coefficient (Wildman–Crippen LogP) is 5.33. The maximum absolute atomic E-state index is 14.6. The minimum atomic E-state index is -0.941. The normalized spacial score (nSPS) is 58.9. The summed E-state index contributed by atoms with van der Waals surface area (Å²) < 4.78 is 110. The van der Waals surface area contributed by atoms with E-state index in [1.165, 1.54) is 0 Å². The number of hydrogen-bond donors (Lipinski definition) is 2. The second-order valence-electron chi connectivity index (χ2n) is 28.1. The van der Waals surface area contributed by atoms with Crippen molar-refractivity contribution in [3.63, 3.8) is 0 Å². The van der Waals surface area contributed by atoms with Gasteiger partial charge in [-0.3, -0.25) is 4.79 Å². The quantitative estimate of drug-likeness (QED) is 0.265. The molecule has 17 saturated heterocycles. The van der Waals surface area contributed by atoms with Crippen molar-refractivity contribution in [3.8, 4) is 0 Å². The Morgan fingerprint density at radius 3 is 1.99 bits per heavy atom. The number of hydrogen-bond acceptors (Lipinski definition) is 19. The summed E-state index contributed by atoms with van der Waals surface area (Å²) in [6.45, 7) is 17.6. The van der Waals surface area contributed by atoms with Crippen LogP contribution in [0.1, 0.15) is 143 Å². The van der Waals surface area contributed by atoms with Gasteiger partial charge in [-0.05, 0) is 73.8 Å². The minimum absolute atomic E-state index is 0.0140. The molecule has 0 aromatic heterocycles. The summed E-state index contributed by atoms with van der Waals surface area (Å²) in [5, 5.41) is 20.0. The first-order chi connectivity index (χ1) is 38.6. The highest BCUT2D eigenvalue weighted by atomic mass is 16.8. The van der Waals surface area contributed by atoms with Crippen LogP contribution in [0.2, 0.25) is 0 Å². The molecule has 0 radical (unpaired) electrons. The molecule has 19 heteroatoms. The summed E-state index contributed by atoms with van der Waals surface area (Å²) in [6.07, 6.45) is 4.03. The average Bonchev–Trinajstić information content (AvgIpc) is 4.46. The molecular formula is C61H86O19. The molecule has 17 rings (SSSR count). The molecule has 444 valence electrons. The van der Waals surface area contributed by atoms with Crippen LogP contribution in [0.3, 0.4) is 0 Å². The predicted molar refractivity (Wildman–Crippen MR) is 276 cm³/mol. The van der Waals surface area contributed by atoms with Gasteiger partial charge in [-0.2, -0.15) is 0 Å². The van der Waals surface area contributed by atoms with Gasteiger partial charge in [0, 0.05) is 70.1 Å². The molecule has 0 aromatic carbocycles. The van der Waals surface area contributed by atoms with E-state index in [1.54, 1.807) is 0 Å². The smallest absolute Gasteiger partial charge is 0.308 e. The van der Waals surface area contributed by atoms with Gasteiger partial charge in [-0.15, -0.1) is 0 Å². The summed E-state index contributed by atoms with van der Waals surface area (Å²) in [7, 11) is 0. The van der Waals surface area contributed by atoms with E-state index in [0.29, 0.717) is 70.6 Å². The van der Waals surface area contributed by atoms with E-state index in [-0.39, 0.29) is 159 Å². The summed E-state index contributed by atoms with van der Waals surface area (Å²) >= 11 is 0. The Balaban J connectivity index is 0.628. The van der Waals surface area contributed by atoms with E-state index in [0.717, 1.165) is 49.7 Å². The first-order valence-electron chi connectivity index (χ1n) is 31.4. The monoisotopic (exact) mass is 1120 g/mol. The van der Waals surface area contributed by atoms with Gasteiger partial charge in [-0.25, -0.2) is 0 Å². The molecule has 17 heterocycles. The zero-order valence-electron chi connectivity index (χ0n) is 47.0. The van der Waals surface area contributed by atoms with Crippen LogP contribution < -0.4 is 0 Å². The highest BCUT2D eigenvalue weighted by molar-refractivity contribution is 5.70. The molecule has 0 saturated carbocycles. The molecule has 3 spiro atoms. The van der Waals surface area contributed by atoms with Crippen molar-refractivity contribution < 1.29 is 90.8 Å². The fourth-order valence-corrected chi connectivity index (χ4v) is 18.8. The van der Waals surface area contributed by atoms with E-state index >= 15 is 0 Å². The van der Waals surface area contributed by atoms with E-state index in [1.807, 2.05) is 0 Å². The van der Waals surface area contributed by atoms with E-state index in [9.17, 15) is 15.0 Å². The van der Waals surface area contributed by atoms with Gasteiger partial charge in [0.1, 0.15) is 42.7 Å². The molecule has 0 amide bonds. The Morgan fingerprint density at radius 2 is 1.12 bits per heavy atom. The number of ether oxygens (including phenoxy) is 16. The van der Waals surface area contributed by atoms with Gasteiger partial charge in [-0.1, -0.05) is 40.9 Å². The number of aliphatic hydroxyl groups is 2. The summed E-state index contributed by atoms with van der Waals surface area (Å²) in [5.41, 5.74) is 2.16. The van der Waals surface area contributed by atoms with Crippen molar-refractivity contribution in [2.75, 3.05) is 6.61 Å². The molecule has 19 nitrogen and oxygen atoms in total. The first-order valence-corrected chi connectivity index (χ1v) is 31.4. The Morgan fingerprint density at radius 1 is 0.475 bits per heavy atom. The third-order valence-corrected chi connectivity index (χ3v) is 22.6. The lowest BCUT2D eigenvalue weighted by Gasteiger charge is -2.54. The largest absolute Gasteiger partial charge is 0.459 e. The highest BCUT2D eigenvalue weighted by Crippen LogP contribution is 2.58. The number of esters is 1. The summed E-state index contributed by atoms with van der Waals surface area (Å²) in [6, 6.07) is 0. The molecule has 5 unspecified atom stereocenters. The number of aliphatic hydroxyl groups excluding tert-OH is 2. The van der Waals surface area contributed by atoms with Crippen LogP contribution in [0.4, 0.5) is 0 Å². The SMILES string of the molecule is C=C1C2C[C@@H]3O[C@H]4C[C@H]5O[C@@]6(C[C@@H]7O[C@]8(C[C@H](C)C9O[C@@H]%10C[C@@H]([C@@H](O)CO)O[C@@H]%10C[C@@H]9O8)C[C@H](C)[C@@H]7O6)C[C@H]5O[C@H]4[C@H](C)[C@H]3OC(=O)C[C@H]3CC[C@@H]4OC5C6OC7C[C@@](CC[C@H]8CC(=C)[C@H](CC[C@@H](C[C@H]1C)O2)O8)(O[C@H]75)O[C@H]6[C@H]4O3. The van der Waals surface area contributed by atoms with Gasteiger partial charge in [0.05, 0.1) is 129 Å². The van der Waals surface area contributed by atoms with Crippen LogP contribution in [-0.4, -0.2) is 199 Å². The van der Waals surface area contributed by atoms with E-state index in [4.69, 9.17) is 75.8 Å². The van der Waals surface area contributed by atoms with E-state index < -0.39 is 60.1 Å². The van der Waals surface area contributed by atoms with Crippen LogP contribution >= 0.6 is 0 Å². The number of carbonyl (C=O) groups excluding carboxylic acids is 1. The highest BCUT2D eigenvalue weighted by Gasteiger charge is 2.70. The lowest BCUT2D eigenvalue weighted by molar-refractivity contribution is -0.369. The molecule has 17 fully saturated rings. The minimum Gasteiger partial charge on any atom is -0.459 e. The Hall–Kier alpha value is -1.73. The van der Waals surface area contributed by atoms with Gasteiger partial charge in [0.25, 0.3) is 0 Å². The van der Waals surface area contributed by atoms with Crippen molar-refractivity contribution >= 4 is 5.97 Å². The molecule has 80 heavy (non-hydrogen) atoms.